The summed E-state index contributed by atoms with van der Waals surface area (Å²) in [5.74, 6) is -2.51. The molecule has 1 aromatic rings. The summed E-state index contributed by atoms with van der Waals surface area (Å²) in [7, 11) is 0. The zero-order valence-corrected chi connectivity index (χ0v) is 16.0. The SMILES string of the molecule is CC(C)c1ccc(/C=C2/SC(=S)N([C@H](CCC(=O)O)C(=O)O)C2=O)cc1. The van der Waals surface area contributed by atoms with Gasteiger partial charge in [0, 0.05) is 6.42 Å². The monoisotopic (exact) mass is 393 g/mol. The van der Waals surface area contributed by atoms with E-state index < -0.39 is 23.9 Å². The maximum Gasteiger partial charge on any atom is 0.326 e. The largest absolute Gasteiger partial charge is 0.481 e. The first-order valence-corrected chi connectivity index (χ1v) is 9.24. The van der Waals surface area contributed by atoms with Crippen molar-refractivity contribution in [3.05, 3.63) is 40.3 Å². The maximum absolute atomic E-state index is 12.6. The van der Waals surface area contributed by atoms with Crippen LogP contribution in [0.15, 0.2) is 29.2 Å². The fourth-order valence-corrected chi connectivity index (χ4v) is 3.86. The molecule has 8 heteroatoms. The molecule has 1 fully saturated rings. The van der Waals surface area contributed by atoms with E-state index in [1.54, 1.807) is 6.08 Å². The summed E-state index contributed by atoms with van der Waals surface area (Å²) in [6.07, 6.45) is 1.11. The summed E-state index contributed by atoms with van der Waals surface area (Å²) in [5.41, 5.74) is 1.99. The highest BCUT2D eigenvalue weighted by Gasteiger charge is 2.40. The van der Waals surface area contributed by atoms with E-state index in [0.29, 0.717) is 10.8 Å². The number of hydrogen-bond donors (Lipinski definition) is 2. The summed E-state index contributed by atoms with van der Waals surface area (Å²) < 4.78 is 0.123. The molecular weight excluding hydrogens is 374 g/mol. The highest BCUT2D eigenvalue weighted by Crippen LogP contribution is 2.35. The smallest absolute Gasteiger partial charge is 0.326 e. The number of benzene rings is 1. The molecule has 138 valence electrons. The lowest BCUT2D eigenvalue weighted by Gasteiger charge is -2.22. The summed E-state index contributed by atoms with van der Waals surface area (Å²) in [4.78, 5) is 36.2. The average Bonchev–Trinajstić information content (AvgIpc) is 2.82. The molecule has 1 saturated heterocycles. The Labute approximate surface area is 160 Å². The van der Waals surface area contributed by atoms with Crippen LogP contribution in [0.25, 0.3) is 6.08 Å². The number of thioether (sulfide) groups is 1. The van der Waals surface area contributed by atoms with Crippen molar-refractivity contribution in [2.45, 2.75) is 38.6 Å². The van der Waals surface area contributed by atoms with Gasteiger partial charge in [-0.05, 0) is 29.5 Å². The highest BCUT2D eigenvalue weighted by atomic mass is 32.2. The first-order valence-electron chi connectivity index (χ1n) is 8.02. The van der Waals surface area contributed by atoms with Crippen LogP contribution in [0.4, 0.5) is 0 Å². The Morgan fingerprint density at radius 2 is 1.85 bits per heavy atom. The van der Waals surface area contributed by atoms with Crippen LogP contribution in [0.3, 0.4) is 0 Å². The molecule has 0 aliphatic carbocycles. The van der Waals surface area contributed by atoms with E-state index in [4.69, 9.17) is 17.3 Å². The number of carboxylic acids is 2. The van der Waals surface area contributed by atoms with Crippen molar-refractivity contribution in [3.8, 4) is 0 Å². The molecule has 1 aliphatic heterocycles. The van der Waals surface area contributed by atoms with Gasteiger partial charge in [0.15, 0.2) is 0 Å². The number of thiocarbonyl (C=S) groups is 1. The molecule has 26 heavy (non-hydrogen) atoms. The van der Waals surface area contributed by atoms with E-state index in [9.17, 15) is 19.5 Å². The number of hydrogen-bond acceptors (Lipinski definition) is 5. The molecule has 0 unspecified atom stereocenters. The molecule has 1 heterocycles. The van der Waals surface area contributed by atoms with Gasteiger partial charge in [-0.2, -0.15) is 0 Å². The predicted octanol–water partition coefficient (Wildman–Crippen LogP) is 3.33. The average molecular weight is 393 g/mol. The minimum Gasteiger partial charge on any atom is -0.481 e. The van der Waals surface area contributed by atoms with Gasteiger partial charge in [-0.3, -0.25) is 14.5 Å². The van der Waals surface area contributed by atoms with Crippen LogP contribution in [-0.2, 0) is 14.4 Å². The molecule has 6 nitrogen and oxygen atoms in total. The second-order valence-electron chi connectivity index (χ2n) is 6.16. The number of carboxylic acid groups (broad SMARTS) is 2. The van der Waals surface area contributed by atoms with Gasteiger partial charge in [0.2, 0.25) is 0 Å². The molecular formula is C18H19NO5S2. The number of amides is 1. The number of aliphatic carboxylic acids is 2. The van der Waals surface area contributed by atoms with Crippen LogP contribution in [0.1, 0.15) is 43.7 Å². The first-order chi connectivity index (χ1) is 12.2. The second kappa shape index (κ2) is 8.46. The number of nitrogens with zero attached hydrogens (tertiary/aromatic N) is 1. The highest BCUT2D eigenvalue weighted by molar-refractivity contribution is 8.26. The van der Waals surface area contributed by atoms with Crippen molar-refractivity contribution in [2.75, 3.05) is 0 Å². The van der Waals surface area contributed by atoms with Crippen LogP contribution in [-0.4, -0.2) is 43.3 Å². The summed E-state index contributed by atoms with van der Waals surface area (Å²) in [6, 6.07) is 6.45. The zero-order valence-electron chi connectivity index (χ0n) is 14.3. The predicted molar refractivity (Wildman–Crippen MR) is 104 cm³/mol. The molecule has 0 radical (unpaired) electrons. The van der Waals surface area contributed by atoms with Crippen molar-refractivity contribution in [1.82, 2.24) is 4.90 Å². The first kappa shape index (κ1) is 20.1. The zero-order chi connectivity index (χ0) is 19.4. The van der Waals surface area contributed by atoms with Crippen LogP contribution >= 0.6 is 24.0 Å². The van der Waals surface area contributed by atoms with Crippen molar-refractivity contribution in [2.24, 2.45) is 0 Å². The summed E-state index contributed by atoms with van der Waals surface area (Å²) >= 11 is 6.18. The van der Waals surface area contributed by atoms with Crippen molar-refractivity contribution in [3.63, 3.8) is 0 Å². The minimum absolute atomic E-state index is 0.123. The van der Waals surface area contributed by atoms with Crippen molar-refractivity contribution < 1.29 is 24.6 Å². The molecule has 0 spiro atoms. The van der Waals surface area contributed by atoms with Crippen LogP contribution in [0.2, 0.25) is 0 Å². The van der Waals surface area contributed by atoms with Crippen LogP contribution < -0.4 is 0 Å². The Bertz CT molecular complexity index is 770. The molecule has 2 rings (SSSR count). The number of rotatable bonds is 7. The van der Waals surface area contributed by atoms with E-state index in [1.165, 1.54) is 5.56 Å². The molecule has 1 aliphatic rings. The Morgan fingerprint density at radius 1 is 1.23 bits per heavy atom. The third-order valence-electron chi connectivity index (χ3n) is 3.95. The normalized spacial score (nSPS) is 17.2. The Morgan fingerprint density at radius 3 is 2.35 bits per heavy atom. The maximum atomic E-state index is 12.6. The van der Waals surface area contributed by atoms with Gasteiger partial charge in [0.05, 0.1) is 4.91 Å². The van der Waals surface area contributed by atoms with Gasteiger partial charge in [-0.15, -0.1) is 0 Å². The molecule has 1 aromatic carbocycles. The van der Waals surface area contributed by atoms with Gasteiger partial charge in [-0.1, -0.05) is 62.1 Å². The number of carbonyl (C=O) groups is 3. The molecule has 0 aromatic heterocycles. The summed E-state index contributed by atoms with van der Waals surface area (Å²) in [5, 5.41) is 18.1. The lowest BCUT2D eigenvalue weighted by atomic mass is 10.0. The lowest BCUT2D eigenvalue weighted by molar-refractivity contribution is -0.146. The minimum atomic E-state index is -1.28. The molecule has 1 amide bonds. The molecule has 0 saturated carbocycles. The molecule has 0 bridgehead atoms. The quantitative estimate of drug-likeness (QED) is 0.542. The van der Waals surface area contributed by atoms with E-state index in [0.717, 1.165) is 22.2 Å². The number of carbonyl (C=O) groups excluding carboxylic acids is 1. The third kappa shape index (κ3) is 4.70. The van der Waals surface area contributed by atoms with E-state index >= 15 is 0 Å². The third-order valence-corrected chi connectivity index (χ3v) is 5.28. The second-order valence-corrected chi connectivity index (χ2v) is 7.84. The van der Waals surface area contributed by atoms with Crippen molar-refractivity contribution in [1.29, 1.82) is 0 Å². The fraction of sp³-hybridized carbons (Fsp3) is 0.333. The molecule has 2 N–H and O–H groups in total. The summed E-state index contributed by atoms with van der Waals surface area (Å²) in [6.45, 7) is 4.17. The Hall–Kier alpha value is -2.19. The van der Waals surface area contributed by atoms with Gasteiger partial charge in [-0.25, -0.2) is 4.79 Å². The standard InChI is InChI=1S/C18H19NO5S2/c1-10(2)12-5-3-11(4-6-12)9-14-16(22)19(18(25)26-14)13(17(23)24)7-8-15(20)21/h3-6,9-10,13H,7-8H2,1-2H3,(H,20,21)(H,23,24)/b14-9+/t13-/m1/s1. The van der Waals surface area contributed by atoms with E-state index in [-0.39, 0.29) is 17.2 Å². The Kier molecular flexibility index (Phi) is 6.55. The fourth-order valence-electron chi connectivity index (χ4n) is 2.50. The van der Waals surface area contributed by atoms with Gasteiger partial charge >= 0.3 is 11.9 Å². The van der Waals surface area contributed by atoms with E-state index in [2.05, 4.69) is 13.8 Å². The Balaban J connectivity index is 2.23. The molecule has 1 atom stereocenters. The topological polar surface area (TPSA) is 94.9 Å². The van der Waals surface area contributed by atoms with E-state index in [1.807, 2.05) is 24.3 Å². The van der Waals surface area contributed by atoms with Crippen molar-refractivity contribution >= 4 is 52.2 Å². The van der Waals surface area contributed by atoms with Crippen LogP contribution in [0, 0.1) is 0 Å². The van der Waals surface area contributed by atoms with Crippen LogP contribution in [0.5, 0.6) is 0 Å². The van der Waals surface area contributed by atoms with Gasteiger partial charge in [0.25, 0.3) is 5.91 Å². The lowest BCUT2D eigenvalue weighted by Crippen LogP contribution is -2.44. The van der Waals surface area contributed by atoms with Gasteiger partial charge in [0.1, 0.15) is 10.4 Å². The van der Waals surface area contributed by atoms with Gasteiger partial charge < -0.3 is 10.2 Å².